The largest absolute Gasteiger partial charge is 0.370 e. The summed E-state index contributed by atoms with van der Waals surface area (Å²) in [6, 6.07) is 22.0. The van der Waals surface area contributed by atoms with Crippen LogP contribution in [-0.2, 0) is 23.5 Å². The van der Waals surface area contributed by atoms with Crippen molar-refractivity contribution in [2.24, 2.45) is 7.05 Å². The van der Waals surface area contributed by atoms with Gasteiger partial charge in [0.2, 0.25) is 0 Å². The monoisotopic (exact) mass is 461 g/mol. The lowest BCUT2D eigenvalue weighted by atomic mass is 10.0. The molecule has 2 aromatic carbocycles. The lowest BCUT2D eigenvalue weighted by molar-refractivity contribution is 0.600. The Bertz CT molecular complexity index is 1330. The second-order valence-corrected chi connectivity index (χ2v) is 9.58. The van der Waals surface area contributed by atoms with Crippen LogP contribution in [0.1, 0.15) is 17.0 Å². The number of hydrogen-bond donors (Lipinski definition) is 2. The number of benzene rings is 2. The first-order valence-corrected chi connectivity index (χ1v) is 12.2. The molecule has 2 aromatic heterocycles. The fourth-order valence-corrected chi connectivity index (χ4v) is 4.71. The molecule has 4 rings (SSSR count). The van der Waals surface area contributed by atoms with Crippen molar-refractivity contribution in [3.63, 3.8) is 0 Å². The highest BCUT2D eigenvalue weighted by Crippen LogP contribution is 2.23. The first kappa shape index (κ1) is 22.5. The summed E-state index contributed by atoms with van der Waals surface area (Å²) in [4.78, 5) is 4.37. The van der Waals surface area contributed by atoms with Gasteiger partial charge >= 0.3 is 0 Å². The van der Waals surface area contributed by atoms with Gasteiger partial charge in [-0.2, -0.15) is 5.10 Å². The number of aromatic nitrogens is 3. The van der Waals surface area contributed by atoms with Crippen LogP contribution in [0.25, 0.3) is 11.1 Å². The van der Waals surface area contributed by atoms with E-state index in [0.29, 0.717) is 23.7 Å². The number of nitrogens with zero attached hydrogens (tertiary/aromatic N) is 3. The maximum atomic E-state index is 12.7. The number of sulfonamides is 1. The molecule has 0 radical (unpaired) electrons. The summed E-state index contributed by atoms with van der Waals surface area (Å²) >= 11 is 0. The Kier molecular flexibility index (Phi) is 6.46. The van der Waals surface area contributed by atoms with Crippen LogP contribution < -0.4 is 10.0 Å². The molecule has 8 heteroatoms. The Balaban J connectivity index is 1.34. The van der Waals surface area contributed by atoms with Crippen LogP contribution in [0.3, 0.4) is 0 Å². The molecule has 170 valence electrons. The molecule has 0 unspecified atom stereocenters. The van der Waals surface area contributed by atoms with E-state index in [1.54, 1.807) is 30.8 Å². The summed E-state index contributed by atoms with van der Waals surface area (Å²) in [6.07, 6.45) is 2.19. The molecule has 7 nitrogen and oxygen atoms in total. The van der Waals surface area contributed by atoms with E-state index in [-0.39, 0.29) is 4.90 Å². The molecule has 2 heterocycles. The molecule has 0 atom stereocenters. The average Bonchev–Trinajstić information content (AvgIpc) is 3.06. The van der Waals surface area contributed by atoms with E-state index in [1.165, 1.54) is 22.9 Å². The molecule has 2 N–H and O–H groups in total. The standard InChI is InChI=1S/C25H27N5O2S/c1-18-25(19(2)30(3)28-18)29-33(31,32)23-13-14-24(27-17-23)26-16-15-20-9-11-22(12-10-20)21-7-5-4-6-8-21/h4-14,17,29H,15-16H2,1-3H3,(H,26,27). The first-order valence-electron chi connectivity index (χ1n) is 10.7. The van der Waals surface area contributed by atoms with Crippen LogP contribution >= 0.6 is 0 Å². The summed E-state index contributed by atoms with van der Waals surface area (Å²) in [5.41, 5.74) is 5.48. The van der Waals surface area contributed by atoms with Gasteiger partial charge < -0.3 is 5.32 Å². The van der Waals surface area contributed by atoms with Gasteiger partial charge in [-0.05, 0) is 49.1 Å². The molecule has 0 aliphatic rings. The highest BCUT2D eigenvalue weighted by atomic mass is 32.2. The number of anilines is 2. The molecular weight excluding hydrogens is 434 g/mol. The van der Waals surface area contributed by atoms with Crippen molar-refractivity contribution in [3.05, 3.63) is 89.9 Å². The van der Waals surface area contributed by atoms with Crippen LogP contribution in [-0.4, -0.2) is 29.7 Å². The molecule has 0 aliphatic heterocycles. The average molecular weight is 462 g/mol. The van der Waals surface area contributed by atoms with E-state index < -0.39 is 10.0 Å². The van der Waals surface area contributed by atoms with E-state index >= 15 is 0 Å². The second-order valence-electron chi connectivity index (χ2n) is 7.89. The van der Waals surface area contributed by atoms with E-state index in [1.807, 2.05) is 25.1 Å². The van der Waals surface area contributed by atoms with Gasteiger partial charge in [0.05, 0.1) is 17.1 Å². The quantitative estimate of drug-likeness (QED) is 0.402. The molecule has 4 aromatic rings. The summed E-state index contributed by atoms with van der Waals surface area (Å²) in [5, 5.41) is 7.50. The predicted molar refractivity (Wildman–Crippen MR) is 132 cm³/mol. The Labute approximate surface area is 194 Å². The molecule has 0 aliphatic carbocycles. The lowest BCUT2D eigenvalue weighted by Crippen LogP contribution is -2.15. The van der Waals surface area contributed by atoms with Gasteiger partial charge in [0.15, 0.2) is 0 Å². The highest BCUT2D eigenvalue weighted by molar-refractivity contribution is 7.92. The Morgan fingerprint density at radius 1 is 0.909 bits per heavy atom. The topological polar surface area (TPSA) is 88.9 Å². The van der Waals surface area contributed by atoms with Crippen LogP contribution in [0, 0.1) is 13.8 Å². The fraction of sp³-hybridized carbons (Fsp3) is 0.200. The number of nitrogens with one attached hydrogen (secondary N) is 2. The number of rotatable bonds is 8. The molecule has 0 saturated carbocycles. The normalized spacial score (nSPS) is 11.4. The van der Waals surface area contributed by atoms with Crippen molar-refractivity contribution >= 4 is 21.5 Å². The third-order valence-corrected chi connectivity index (χ3v) is 6.91. The number of pyridine rings is 1. The Morgan fingerprint density at radius 2 is 1.61 bits per heavy atom. The van der Waals surface area contributed by atoms with Gasteiger partial charge in [0, 0.05) is 19.8 Å². The maximum Gasteiger partial charge on any atom is 0.263 e. The number of hydrogen-bond acceptors (Lipinski definition) is 5. The smallest absolute Gasteiger partial charge is 0.263 e. The molecule has 0 bridgehead atoms. The molecule has 33 heavy (non-hydrogen) atoms. The van der Waals surface area contributed by atoms with Crippen LogP contribution in [0.4, 0.5) is 11.5 Å². The van der Waals surface area contributed by atoms with Gasteiger partial charge in [0.25, 0.3) is 10.0 Å². The van der Waals surface area contributed by atoms with E-state index in [9.17, 15) is 8.42 Å². The van der Waals surface area contributed by atoms with Gasteiger partial charge in [-0.15, -0.1) is 0 Å². The zero-order valence-corrected chi connectivity index (χ0v) is 19.7. The zero-order valence-electron chi connectivity index (χ0n) is 18.9. The van der Waals surface area contributed by atoms with Crippen molar-refractivity contribution in [2.45, 2.75) is 25.2 Å². The van der Waals surface area contributed by atoms with Crippen LogP contribution in [0.2, 0.25) is 0 Å². The van der Waals surface area contributed by atoms with Crippen molar-refractivity contribution in [1.29, 1.82) is 0 Å². The molecule has 0 spiro atoms. The maximum absolute atomic E-state index is 12.7. The zero-order chi connectivity index (χ0) is 23.4. The summed E-state index contributed by atoms with van der Waals surface area (Å²) < 4.78 is 29.8. The van der Waals surface area contributed by atoms with Gasteiger partial charge in [-0.25, -0.2) is 13.4 Å². The summed E-state index contributed by atoms with van der Waals surface area (Å²) in [5.74, 6) is 0.628. The van der Waals surface area contributed by atoms with Crippen molar-refractivity contribution in [2.75, 3.05) is 16.6 Å². The van der Waals surface area contributed by atoms with Crippen molar-refractivity contribution < 1.29 is 8.42 Å². The minimum absolute atomic E-state index is 0.104. The summed E-state index contributed by atoms with van der Waals surface area (Å²) in [7, 11) is -1.97. The molecule has 0 saturated heterocycles. The van der Waals surface area contributed by atoms with Gasteiger partial charge in [0.1, 0.15) is 10.7 Å². The Morgan fingerprint density at radius 3 is 2.21 bits per heavy atom. The minimum atomic E-state index is -3.75. The van der Waals surface area contributed by atoms with Crippen molar-refractivity contribution in [3.8, 4) is 11.1 Å². The van der Waals surface area contributed by atoms with Gasteiger partial charge in [-0.3, -0.25) is 9.40 Å². The molecular formula is C25H27N5O2S. The van der Waals surface area contributed by atoms with E-state index in [2.05, 4.69) is 56.5 Å². The van der Waals surface area contributed by atoms with Crippen LogP contribution in [0.5, 0.6) is 0 Å². The summed E-state index contributed by atoms with van der Waals surface area (Å²) in [6.45, 7) is 4.28. The third-order valence-electron chi connectivity index (χ3n) is 5.57. The lowest BCUT2D eigenvalue weighted by Gasteiger charge is -2.10. The third kappa shape index (κ3) is 5.23. The van der Waals surface area contributed by atoms with Crippen molar-refractivity contribution in [1.82, 2.24) is 14.8 Å². The predicted octanol–water partition coefficient (Wildman–Crippen LogP) is 4.55. The fourth-order valence-electron chi connectivity index (χ4n) is 3.59. The minimum Gasteiger partial charge on any atom is -0.370 e. The number of aryl methyl sites for hydroxylation is 2. The van der Waals surface area contributed by atoms with Crippen LogP contribution in [0.15, 0.2) is 77.8 Å². The molecule has 0 fully saturated rings. The Hall–Kier alpha value is -3.65. The molecule has 0 amide bonds. The van der Waals surface area contributed by atoms with E-state index in [4.69, 9.17) is 0 Å². The van der Waals surface area contributed by atoms with E-state index in [0.717, 1.165) is 12.1 Å². The second kappa shape index (κ2) is 9.46. The van der Waals surface area contributed by atoms with Gasteiger partial charge in [-0.1, -0.05) is 54.6 Å². The highest BCUT2D eigenvalue weighted by Gasteiger charge is 2.19. The SMILES string of the molecule is Cc1nn(C)c(C)c1NS(=O)(=O)c1ccc(NCCc2ccc(-c3ccccc3)cc2)nc1. The first-order chi connectivity index (χ1) is 15.8.